The molecule has 0 bridgehead atoms. The topological polar surface area (TPSA) is 50.3 Å². The number of nitrogens with zero attached hydrogens (tertiary/aromatic N) is 2. The van der Waals surface area contributed by atoms with Gasteiger partial charge in [-0.05, 0) is 24.1 Å². The van der Waals surface area contributed by atoms with Crippen LogP contribution in [-0.4, -0.2) is 12.3 Å². The molecule has 135 valence electrons. The number of nitrogens with one attached hydrogen (secondary N) is 1. The molecule has 0 fully saturated rings. The number of hydrogen-bond acceptors (Lipinski definition) is 1. The molecule has 25 heavy (non-hydrogen) atoms. The molecule has 0 saturated heterocycles. The third-order valence-electron chi connectivity index (χ3n) is 3.25. The Balaban J connectivity index is 0.000000244. The summed E-state index contributed by atoms with van der Waals surface area (Å²) in [4.78, 5) is 0. The van der Waals surface area contributed by atoms with Gasteiger partial charge < -0.3 is 16.3 Å². The molecule has 0 saturated carbocycles. The second-order valence-electron chi connectivity index (χ2n) is 5.10. The molecule has 3 rings (SSSR count). The van der Waals surface area contributed by atoms with E-state index < -0.39 is 11.7 Å². The minimum absolute atomic E-state index is 0. The molecule has 0 unspecified atom stereocenters. The van der Waals surface area contributed by atoms with Crippen molar-refractivity contribution in [2.45, 2.75) is 19.0 Å². The number of halogens is 4. The molecule has 1 aliphatic rings. The number of benzene rings is 2. The molecule has 3 nitrogen and oxygen atoms in total. The van der Waals surface area contributed by atoms with Gasteiger partial charge in [-0.2, -0.15) is 13.2 Å². The van der Waals surface area contributed by atoms with Crippen molar-refractivity contribution in [3.05, 3.63) is 76.6 Å². The van der Waals surface area contributed by atoms with Crippen LogP contribution < -0.4 is 0 Å². The Labute approximate surface area is 153 Å². The zero-order valence-corrected chi connectivity index (χ0v) is 14.0. The zero-order chi connectivity index (χ0) is 17.6. The van der Waals surface area contributed by atoms with Crippen molar-refractivity contribution in [1.82, 2.24) is 0 Å². The van der Waals surface area contributed by atoms with E-state index in [1.165, 1.54) is 12.1 Å². The zero-order valence-electron chi connectivity index (χ0n) is 13.0. The Morgan fingerprint density at radius 3 is 2.04 bits per heavy atom. The Morgan fingerprint density at radius 1 is 0.960 bits per heavy atom. The SMILES string of the molecule is Fc1ccc(C2=N[N-]CCC2)cc1.[Co+2].[NH-]c1ccc(C(F)(F)F)cc1. The van der Waals surface area contributed by atoms with Gasteiger partial charge in [0, 0.05) is 5.71 Å². The molecule has 8 heteroatoms. The second-order valence-corrected chi connectivity index (χ2v) is 5.10. The first-order chi connectivity index (χ1) is 11.4. The van der Waals surface area contributed by atoms with Crippen LogP contribution in [0.2, 0.25) is 0 Å². The van der Waals surface area contributed by atoms with E-state index in [-0.39, 0.29) is 28.3 Å². The van der Waals surface area contributed by atoms with Crippen molar-refractivity contribution < 1.29 is 34.3 Å². The summed E-state index contributed by atoms with van der Waals surface area (Å²) in [7, 11) is 0. The third-order valence-corrected chi connectivity index (χ3v) is 3.25. The monoisotopic (exact) mass is 396 g/mol. The van der Waals surface area contributed by atoms with E-state index in [0.29, 0.717) is 0 Å². The summed E-state index contributed by atoms with van der Waals surface area (Å²) in [6, 6.07) is 10.4. The van der Waals surface area contributed by atoms with Crippen LogP contribution in [-0.2, 0) is 23.0 Å². The normalized spacial score (nSPS) is 13.5. The largest absolute Gasteiger partial charge is 2.00 e. The minimum Gasteiger partial charge on any atom is -0.699 e. The maximum absolute atomic E-state index is 12.6. The summed E-state index contributed by atoms with van der Waals surface area (Å²) in [6.45, 7) is 0.810. The Morgan fingerprint density at radius 2 is 1.56 bits per heavy atom. The Bertz CT molecular complexity index is 683. The quantitative estimate of drug-likeness (QED) is 0.525. The maximum atomic E-state index is 12.6. The summed E-state index contributed by atoms with van der Waals surface area (Å²) in [6.07, 6.45) is -2.32. The first-order valence-electron chi connectivity index (χ1n) is 7.24. The van der Waals surface area contributed by atoms with Crippen molar-refractivity contribution in [1.29, 1.82) is 0 Å². The van der Waals surface area contributed by atoms with Crippen LogP contribution in [0.25, 0.3) is 11.2 Å². The van der Waals surface area contributed by atoms with E-state index in [0.717, 1.165) is 54.9 Å². The van der Waals surface area contributed by atoms with Crippen molar-refractivity contribution in [2.75, 3.05) is 6.54 Å². The molecule has 2 aromatic rings. The van der Waals surface area contributed by atoms with Gasteiger partial charge in [0.25, 0.3) is 0 Å². The molecule has 1 heterocycles. The van der Waals surface area contributed by atoms with E-state index in [1.54, 1.807) is 12.1 Å². The third kappa shape index (κ3) is 6.75. The van der Waals surface area contributed by atoms with Gasteiger partial charge in [0.2, 0.25) is 0 Å². The van der Waals surface area contributed by atoms with Gasteiger partial charge in [-0.3, -0.25) is 0 Å². The fourth-order valence-electron chi connectivity index (χ4n) is 2.01. The van der Waals surface area contributed by atoms with Crippen molar-refractivity contribution in [2.24, 2.45) is 5.10 Å². The van der Waals surface area contributed by atoms with Gasteiger partial charge >= 0.3 is 23.0 Å². The van der Waals surface area contributed by atoms with Crippen LogP contribution in [0.5, 0.6) is 0 Å². The Kier molecular flexibility index (Phi) is 7.91. The Hall–Kier alpha value is -2.06. The predicted octanol–water partition coefficient (Wildman–Crippen LogP) is 6.08. The summed E-state index contributed by atoms with van der Waals surface area (Å²) in [5.74, 6) is -0.211. The van der Waals surface area contributed by atoms with Gasteiger partial charge in [0.1, 0.15) is 5.82 Å². The second kappa shape index (κ2) is 9.43. The van der Waals surface area contributed by atoms with E-state index in [1.807, 2.05) is 0 Å². The molecule has 2 aromatic carbocycles. The van der Waals surface area contributed by atoms with E-state index in [2.05, 4.69) is 10.5 Å². The molecule has 1 N–H and O–H groups in total. The molecule has 0 aromatic heterocycles. The summed E-state index contributed by atoms with van der Waals surface area (Å²) >= 11 is 0. The molecule has 0 atom stereocenters. The number of alkyl halides is 3. The van der Waals surface area contributed by atoms with E-state index in [9.17, 15) is 17.6 Å². The van der Waals surface area contributed by atoms with Crippen LogP contribution in [0, 0.1) is 5.82 Å². The average molecular weight is 396 g/mol. The molecule has 1 aliphatic heterocycles. The summed E-state index contributed by atoms with van der Waals surface area (Å²) in [5, 5.41) is 4.05. The molecule has 0 spiro atoms. The minimum atomic E-state index is -4.30. The molecule has 1 radical (unpaired) electrons. The fourth-order valence-corrected chi connectivity index (χ4v) is 2.01. The van der Waals surface area contributed by atoms with Crippen LogP contribution >= 0.6 is 0 Å². The van der Waals surface area contributed by atoms with Gasteiger partial charge in [0.15, 0.2) is 0 Å². The number of rotatable bonds is 1. The van der Waals surface area contributed by atoms with Crippen LogP contribution in [0.15, 0.2) is 53.6 Å². The summed E-state index contributed by atoms with van der Waals surface area (Å²) in [5.41, 5.74) is 12.2. The fraction of sp³-hybridized carbons (Fsp3) is 0.235. The predicted molar refractivity (Wildman–Crippen MR) is 85.8 cm³/mol. The van der Waals surface area contributed by atoms with Gasteiger partial charge in [-0.1, -0.05) is 42.8 Å². The van der Waals surface area contributed by atoms with E-state index in [4.69, 9.17) is 5.73 Å². The van der Waals surface area contributed by atoms with Gasteiger partial charge in [0.05, 0.1) is 5.56 Å². The number of hydrogen-bond donors (Lipinski definition) is 0. The van der Waals surface area contributed by atoms with Gasteiger partial charge in [-0.25, -0.2) is 4.39 Å². The van der Waals surface area contributed by atoms with Crippen molar-refractivity contribution >= 4 is 11.4 Å². The average Bonchev–Trinajstić information content (AvgIpc) is 2.56. The maximum Gasteiger partial charge on any atom is 2.00 e. The standard InChI is InChI=1S/C10H10FN2.C7H5F3N.Co/c11-9-5-3-8(4-6-9)10-2-1-7-12-13-10;8-7(9,10)5-1-3-6(11)4-2-5;/h3-6H,1-2,7H2;1-4,11H;/q2*-1;+2. The smallest absolute Gasteiger partial charge is 0.699 e. The summed E-state index contributed by atoms with van der Waals surface area (Å²) < 4.78 is 48.2. The van der Waals surface area contributed by atoms with Crippen molar-refractivity contribution in [3.8, 4) is 0 Å². The molecule has 0 aliphatic carbocycles. The molecular formula is C17H15CoF4N3. The van der Waals surface area contributed by atoms with Crippen LogP contribution in [0.3, 0.4) is 0 Å². The van der Waals surface area contributed by atoms with Gasteiger partial charge in [-0.15, -0.1) is 12.2 Å². The first kappa shape index (κ1) is 21.0. The van der Waals surface area contributed by atoms with Crippen molar-refractivity contribution in [3.63, 3.8) is 0 Å². The molecule has 0 amide bonds. The van der Waals surface area contributed by atoms with Crippen LogP contribution in [0.1, 0.15) is 24.0 Å². The van der Waals surface area contributed by atoms with E-state index >= 15 is 0 Å². The van der Waals surface area contributed by atoms with Crippen LogP contribution in [0.4, 0.5) is 23.2 Å². The first-order valence-corrected chi connectivity index (χ1v) is 7.24. The molecular weight excluding hydrogens is 381 g/mol.